The minimum Gasteiger partial charge on any atom is -0.379 e. The van der Waals surface area contributed by atoms with E-state index in [2.05, 4.69) is 18.6 Å². The molecule has 182 valence electrons. The molecule has 1 N–H and O–H groups in total. The molecule has 1 aromatic carbocycles. The molecule has 2 rings (SSSR count). The van der Waals surface area contributed by atoms with Gasteiger partial charge in [-0.2, -0.15) is 4.31 Å². The van der Waals surface area contributed by atoms with Crippen LogP contribution in [0.3, 0.4) is 0 Å². The summed E-state index contributed by atoms with van der Waals surface area (Å²) in [4.78, 5) is 14.0. The van der Waals surface area contributed by atoms with Crippen LogP contribution >= 0.6 is 0 Å². The van der Waals surface area contributed by atoms with Crippen LogP contribution < -0.4 is 4.72 Å². The van der Waals surface area contributed by atoms with Crippen LogP contribution in [0.1, 0.15) is 40.0 Å². The van der Waals surface area contributed by atoms with Gasteiger partial charge in [-0.05, 0) is 49.9 Å². The summed E-state index contributed by atoms with van der Waals surface area (Å²) in [5, 5.41) is 0. The molecule has 0 bridgehead atoms. The van der Waals surface area contributed by atoms with Gasteiger partial charge in [0.25, 0.3) is 0 Å². The molecule has 9 nitrogen and oxygen atoms in total. The summed E-state index contributed by atoms with van der Waals surface area (Å²) in [5.74, 6) is 0.470. The second kappa shape index (κ2) is 11.6. The summed E-state index contributed by atoms with van der Waals surface area (Å²) in [6.45, 7) is 7.55. The van der Waals surface area contributed by atoms with Gasteiger partial charge in [0.15, 0.2) is 0 Å². The maximum absolute atomic E-state index is 12.7. The molecule has 1 heterocycles. The Kier molecular flexibility index (Phi) is 9.65. The smallest absolute Gasteiger partial charge is 0.243 e. The van der Waals surface area contributed by atoms with Gasteiger partial charge in [-0.25, -0.2) is 21.6 Å². The number of nitrogens with zero attached hydrogens (tertiary/aromatic N) is 2. The zero-order valence-electron chi connectivity index (χ0n) is 19.3. The summed E-state index contributed by atoms with van der Waals surface area (Å²) in [5.41, 5.74) is 0. The lowest BCUT2D eigenvalue weighted by Gasteiger charge is -2.26. The first-order valence-electron chi connectivity index (χ1n) is 10.9. The summed E-state index contributed by atoms with van der Waals surface area (Å²) in [6.07, 6.45) is 1.53. The molecule has 0 radical (unpaired) electrons. The van der Waals surface area contributed by atoms with E-state index < -0.39 is 20.0 Å². The van der Waals surface area contributed by atoms with Crippen LogP contribution in [0.5, 0.6) is 0 Å². The molecule has 1 aliphatic rings. The van der Waals surface area contributed by atoms with Crippen LogP contribution in [0.15, 0.2) is 34.1 Å². The molecule has 1 amide bonds. The van der Waals surface area contributed by atoms with Crippen LogP contribution in [-0.2, 0) is 29.6 Å². The number of carbonyl (C=O) groups excluding carboxylic acids is 1. The molecule has 1 saturated heterocycles. The van der Waals surface area contributed by atoms with Crippen molar-refractivity contribution in [3.05, 3.63) is 24.3 Å². The second-order valence-electron chi connectivity index (χ2n) is 8.47. The van der Waals surface area contributed by atoms with Gasteiger partial charge in [-0.3, -0.25) is 4.79 Å². The molecule has 1 unspecified atom stereocenters. The van der Waals surface area contributed by atoms with Gasteiger partial charge < -0.3 is 9.64 Å². The lowest BCUT2D eigenvalue weighted by atomic mass is 10.0. The fourth-order valence-corrected chi connectivity index (χ4v) is 6.00. The first kappa shape index (κ1) is 26.7. The Hall–Kier alpha value is -1.53. The van der Waals surface area contributed by atoms with Crippen molar-refractivity contribution in [2.24, 2.45) is 5.92 Å². The molecule has 11 heteroatoms. The van der Waals surface area contributed by atoms with Crippen LogP contribution in [0.2, 0.25) is 0 Å². The molecular formula is C21H35N3O6S2. The van der Waals surface area contributed by atoms with Crippen molar-refractivity contribution in [1.82, 2.24) is 13.9 Å². The van der Waals surface area contributed by atoms with Gasteiger partial charge in [-0.1, -0.05) is 13.8 Å². The van der Waals surface area contributed by atoms with Gasteiger partial charge in [0.2, 0.25) is 26.0 Å². The highest BCUT2D eigenvalue weighted by Gasteiger charge is 2.27. The molecular weight excluding hydrogens is 454 g/mol. The van der Waals surface area contributed by atoms with Crippen LogP contribution in [0.25, 0.3) is 0 Å². The van der Waals surface area contributed by atoms with Gasteiger partial charge in [0.1, 0.15) is 0 Å². The summed E-state index contributed by atoms with van der Waals surface area (Å²) in [7, 11) is -5.71. The summed E-state index contributed by atoms with van der Waals surface area (Å²) in [6, 6.07) is 5.29. The number of hydrogen-bond donors (Lipinski definition) is 1. The maximum atomic E-state index is 12.7. The number of hydrogen-bond acceptors (Lipinski definition) is 6. The zero-order chi connectivity index (χ0) is 23.9. The Morgan fingerprint density at radius 3 is 2.19 bits per heavy atom. The largest absolute Gasteiger partial charge is 0.379 e. The summed E-state index contributed by atoms with van der Waals surface area (Å²) < 4.78 is 59.3. The number of sulfonamides is 2. The monoisotopic (exact) mass is 489 g/mol. The molecule has 1 fully saturated rings. The van der Waals surface area contributed by atoms with E-state index in [-0.39, 0.29) is 47.8 Å². The Morgan fingerprint density at radius 2 is 1.62 bits per heavy atom. The normalized spacial score (nSPS) is 16.8. The number of benzene rings is 1. The third-order valence-corrected chi connectivity index (χ3v) is 8.86. The van der Waals surface area contributed by atoms with Gasteiger partial charge in [0, 0.05) is 39.1 Å². The summed E-state index contributed by atoms with van der Waals surface area (Å²) >= 11 is 0. The zero-order valence-corrected chi connectivity index (χ0v) is 20.9. The topological polar surface area (TPSA) is 113 Å². The fraction of sp³-hybridized carbons (Fsp3) is 0.667. The van der Waals surface area contributed by atoms with Crippen molar-refractivity contribution in [3.63, 3.8) is 0 Å². The van der Waals surface area contributed by atoms with E-state index in [1.54, 1.807) is 11.9 Å². The highest BCUT2D eigenvalue weighted by Crippen LogP contribution is 2.19. The van der Waals surface area contributed by atoms with E-state index in [0.717, 1.165) is 6.42 Å². The van der Waals surface area contributed by atoms with Crippen LogP contribution in [-0.4, -0.2) is 77.9 Å². The Labute approximate surface area is 192 Å². The molecule has 0 aromatic heterocycles. The van der Waals surface area contributed by atoms with Crippen molar-refractivity contribution >= 4 is 26.0 Å². The lowest BCUT2D eigenvalue weighted by molar-refractivity contribution is -0.132. The number of ether oxygens (including phenoxy) is 1. The molecule has 32 heavy (non-hydrogen) atoms. The Bertz CT molecular complexity index is 956. The maximum Gasteiger partial charge on any atom is 0.243 e. The quantitative estimate of drug-likeness (QED) is 0.473. The first-order chi connectivity index (χ1) is 14.9. The highest BCUT2D eigenvalue weighted by molar-refractivity contribution is 7.89. The number of nitrogens with one attached hydrogen (secondary N) is 1. The van der Waals surface area contributed by atoms with Crippen molar-refractivity contribution in [2.75, 3.05) is 39.9 Å². The van der Waals surface area contributed by atoms with Crippen LogP contribution in [0, 0.1) is 5.92 Å². The van der Waals surface area contributed by atoms with E-state index in [1.807, 2.05) is 6.92 Å². The Balaban J connectivity index is 1.89. The lowest BCUT2D eigenvalue weighted by Crippen LogP contribution is -2.40. The SMILES string of the molecule is CC(C)CC(C)N(C)C(=O)CCCNS(=O)(=O)c1ccc(S(=O)(=O)N2CCOCC2)cc1. The molecule has 1 aromatic rings. The van der Waals surface area contributed by atoms with Gasteiger partial charge in [-0.15, -0.1) is 0 Å². The van der Waals surface area contributed by atoms with Crippen LogP contribution in [0.4, 0.5) is 0 Å². The molecule has 0 saturated carbocycles. The molecule has 0 aliphatic carbocycles. The number of morpholine rings is 1. The van der Waals surface area contributed by atoms with Crippen molar-refractivity contribution in [1.29, 1.82) is 0 Å². The first-order valence-corrected chi connectivity index (χ1v) is 13.8. The van der Waals surface area contributed by atoms with Crippen molar-refractivity contribution < 1.29 is 26.4 Å². The van der Waals surface area contributed by atoms with E-state index >= 15 is 0 Å². The molecule has 0 spiro atoms. The van der Waals surface area contributed by atoms with Gasteiger partial charge in [0.05, 0.1) is 23.0 Å². The highest BCUT2D eigenvalue weighted by atomic mass is 32.2. The van der Waals surface area contributed by atoms with E-state index in [0.29, 0.717) is 25.6 Å². The fourth-order valence-electron chi connectivity index (χ4n) is 3.52. The van der Waals surface area contributed by atoms with Gasteiger partial charge >= 0.3 is 0 Å². The van der Waals surface area contributed by atoms with E-state index in [4.69, 9.17) is 4.74 Å². The minimum atomic E-state index is -3.80. The third-order valence-electron chi connectivity index (χ3n) is 5.47. The van der Waals surface area contributed by atoms with E-state index in [1.165, 1.54) is 28.6 Å². The predicted molar refractivity (Wildman–Crippen MR) is 122 cm³/mol. The predicted octanol–water partition coefficient (Wildman–Crippen LogP) is 1.66. The molecule has 1 aliphatic heterocycles. The molecule has 1 atom stereocenters. The number of carbonyl (C=O) groups is 1. The van der Waals surface area contributed by atoms with Crippen molar-refractivity contribution in [3.8, 4) is 0 Å². The third kappa shape index (κ3) is 7.24. The average molecular weight is 490 g/mol. The second-order valence-corrected chi connectivity index (χ2v) is 12.2. The number of amides is 1. The standard InChI is InChI=1S/C21H35N3O6S2/c1-17(2)16-18(3)23(4)21(25)6-5-11-22-31(26,27)19-7-9-20(10-8-19)32(28,29)24-12-14-30-15-13-24/h7-10,17-18,22H,5-6,11-16H2,1-4H3. The Morgan fingerprint density at radius 1 is 1.06 bits per heavy atom. The van der Waals surface area contributed by atoms with E-state index in [9.17, 15) is 21.6 Å². The minimum absolute atomic E-state index is 0.0185. The average Bonchev–Trinajstić information content (AvgIpc) is 2.76. The number of rotatable bonds is 11. The van der Waals surface area contributed by atoms with Crippen molar-refractivity contribution in [2.45, 2.75) is 55.9 Å².